The van der Waals surface area contributed by atoms with Crippen LogP contribution in [0.15, 0.2) is 58.0 Å². The molecule has 3 nitrogen and oxygen atoms in total. The predicted octanol–water partition coefficient (Wildman–Crippen LogP) is 2.80. The van der Waals surface area contributed by atoms with Crippen molar-refractivity contribution in [1.29, 1.82) is 0 Å². The lowest BCUT2D eigenvalue weighted by Crippen LogP contribution is -2.25. The molecule has 90 valence electrons. The molecule has 0 atom stereocenters. The molecule has 0 N–H and O–H groups in total. The van der Waals surface area contributed by atoms with Crippen LogP contribution in [0.4, 0.5) is 8.78 Å². The summed E-state index contributed by atoms with van der Waals surface area (Å²) in [5.74, 6) is -0.888. The molecule has 17 heavy (non-hydrogen) atoms. The minimum Gasteiger partial charge on any atom is -0.462 e. The summed E-state index contributed by atoms with van der Waals surface area (Å²) in [4.78, 5) is -0.443. The van der Waals surface area contributed by atoms with Gasteiger partial charge in [-0.3, -0.25) is 0 Å². The van der Waals surface area contributed by atoms with E-state index >= 15 is 0 Å². The Morgan fingerprint density at radius 3 is 2.18 bits per heavy atom. The van der Waals surface area contributed by atoms with Gasteiger partial charge in [0.2, 0.25) is 0 Å². The summed E-state index contributed by atoms with van der Waals surface area (Å²) in [5, 5.41) is -4.07. The van der Waals surface area contributed by atoms with Crippen LogP contribution >= 0.6 is 0 Å². The van der Waals surface area contributed by atoms with Gasteiger partial charge in [-0.2, -0.15) is 8.78 Å². The van der Waals surface area contributed by atoms with Crippen LogP contribution in [0.3, 0.4) is 0 Å². The van der Waals surface area contributed by atoms with Gasteiger partial charge in [0.1, 0.15) is 0 Å². The molecule has 0 aliphatic heterocycles. The van der Waals surface area contributed by atoms with E-state index in [1.54, 1.807) is 6.07 Å². The minimum absolute atomic E-state index is 0.443. The normalized spacial score (nSPS) is 12.6. The largest absolute Gasteiger partial charge is 0.462 e. The van der Waals surface area contributed by atoms with Crippen LogP contribution in [0.5, 0.6) is 0 Å². The molecule has 0 unspecified atom stereocenters. The summed E-state index contributed by atoms with van der Waals surface area (Å²) < 4.78 is 55.5. The molecule has 1 heterocycles. The second-order valence-corrected chi connectivity index (χ2v) is 5.30. The number of benzene rings is 1. The number of hydrogen-bond donors (Lipinski definition) is 0. The van der Waals surface area contributed by atoms with E-state index in [4.69, 9.17) is 0 Å². The molecule has 0 bridgehead atoms. The SMILES string of the molecule is O=S(=O)(c1ccccc1)C(F)(F)c1ccco1. The molecule has 0 aliphatic carbocycles. The highest BCUT2D eigenvalue weighted by Gasteiger charge is 2.50. The van der Waals surface area contributed by atoms with Gasteiger partial charge in [0.15, 0.2) is 5.76 Å². The van der Waals surface area contributed by atoms with Crippen LogP contribution in [-0.2, 0) is 15.1 Å². The van der Waals surface area contributed by atoms with E-state index in [-0.39, 0.29) is 0 Å². The van der Waals surface area contributed by atoms with Gasteiger partial charge in [-0.15, -0.1) is 0 Å². The zero-order chi connectivity index (χ0) is 12.5. The van der Waals surface area contributed by atoms with Gasteiger partial charge in [-0.1, -0.05) is 18.2 Å². The Bertz CT molecular complexity index is 589. The van der Waals surface area contributed by atoms with Gasteiger partial charge in [0, 0.05) is 0 Å². The summed E-state index contributed by atoms with van der Waals surface area (Å²) in [7, 11) is -4.79. The molecular formula is C11H8F2O3S. The van der Waals surface area contributed by atoms with E-state index < -0.39 is 25.7 Å². The highest BCUT2D eigenvalue weighted by Crippen LogP contribution is 2.38. The Morgan fingerprint density at radius 2 is 1.65 bits per heavy atom. The van der Waals surface area contributed by atoms with Crippen molar-refractivity contribution in [3.8, 4) is 0 Å². The standard InChI is InChI=1S/C11H8F2O3S/c12-11(13,10-7-4-8-16-10)17(14,15)9-5-2-1-3-6-9/h1-8H. The average Bonchev–Trinajstić information content (AvgIpc) is 2.84. The van der Waals surface area contributed by atoms with Gasteiger partial charge < -0.3 is 4.42 Å². The molecule has 1 aromatic heterocycles. The maximum atomic E-state index is 13.8. The number of furan rings is 1. The van der Waals surface area contributed by atoms with Gasteiger partial charge in [0.05, 0.1) is 11.2 Å². The number of sulfone groups is 1. The summed E-state index contributed by atoms with van der Waals surface area (Å²) in [6.45, 7) is 0. The first-order chi connectivity index (χ1) is 7.96. The van der Waals surface area contributed by atoms with E-state index in [2.05, 4.69) is 4.42 Å². The Hall–Kier alpha value is -1.69. The predicted molar refractivity (Wildman–Crippen MR) is 56.2 cm³/mol. The van der Waals surface area contributed by atoms with E-state index in [0.717, 1.165) is 24.5 Å². The van der Waals surface area contributed by atoms with Crippen LogP contribution in [0.1, 0.15) is 5.76 Å². The Kier molecular flexibility index (Phi) is 2.74. The van der Waals surface area contributed by atoms with Crippen molar-refractivity contribution < 1.29 is 21.6 Å². The number of halogens is 2. The molecule has 2 rings (SSSR count). The maximum absolute atomic E-state index is 13.8. The molecule has 0 saturated heterocycles. The van der Waals surface area contributed by atoms with Crippen molar-refractivity contribution in [2.24, 2.45) is 0 Å². The molecule has 0 aliphatic rings. The average molecular weight is 258 g/mol. The van der Waals surface area contributed by atoms with E-state index in [9.17, 15) is 17.2 Å². The Balaban J connectivity index is 2.54. The molecule has 0 fully saturated rings. The lowest BCUT2D eigenvalue weighted by atomic mass is 10.4. The summed E-state index contributed by atoms with van der Waals surface area (Å²) in [5.41, 5.74) is 0. The zero-order valence-electron chi connectivity index (χ0n) is 8.51. The minimum atomic E-state index is -4.79. The van der Waals surface area contributed by atoms with Crippen molar-refractivity contribution in [2.45, 2.75) is 10.2 Å². The highest BCUT2D eigenvalue weighted by atomic mass is 32.2. The van der Waals surface area contributed by atoms with Gasteiger partial charge in [-0.05, 0) is 24.3 Å². The fourth-order valence-corrected chi connectivity index (χ4v) is 2.52. The van der Waals surface area contributed by atoms with Gasteiger partial charge in [-0.25, -0.2) is 8.42 Å². The Morgan fingerprint density at radius 1 is 1.00 bits per heavy atom. The van der Waals surface area contributed by atoms with Crippen LogP contribution in [-0.4, -0.2) is 8.42 Å². The number of alkyl halides is 2. The molecule has 2 aromatic rings. The zero-order valence-corrected chi connectivity index (χ0v) is 9.32. The monoisotopic (exact) mass is 258 g/mol. The number of rotatable bonds is 3. The quantitative estimate of drug-likeness (QED) is 0.850. The summed E-state index contributed by atoms with van der Waals surface area (Å²) in [6, 6.07) is 8.68. The third-order valence-corrected chi connectivity index (χ3v) is 3.97. The van der Waals surface area contributed by atoms with E-state index in [1.165, 1.54) is 18.2 Å². The van der Waals surface area contributed by atoms with Gasteiger partial charge in [0.25, 0.3) is 9.84 Å². The lowest BCUT2D eigenvalue weighted by Gasteiger charge is -2.14. The van der Waals surface area contributed by atoms with Crippen molar-refractivity contribution >= 4 is 9.84 Å². The van der Waals surface area contributed by atoms with Crippen LogP contribution in [0, 0.1) is 0 Å². The fraction of sp³-hybridized carbons (Fsp3) is 0.0909. The molecule has 0 amide bonds. The topological polar surface area (TPSA) is 47.3 Å². The molecule has 0 radical (unpaired) electrons. The fourth-order valence-electron chi connectivity index (χ4n) is 1.32. The van der Waals surface area contributed by atoms with Crippen LogP contribution in [0.2, 0.25) is 0 Å². The first-order valence-corrected chi connectivity index (χ1v) is 6.16. The smallest absolute Gasteiger partial charge is 0.406 e. The second-order valence-electron chi connectivity index (χ2n) is 3.31. The van der Waals surface area contributed by atoms with Crippen LogP contribution < -0.4 is 0 Å². The van der Waals surface area contributed by atoms with Gasteiger partial charge >= 0.3 is 5.25 Å². The van der Waals surface area contributed by atoms with Crippen molar-refractivity contribution in [3.05, 3.63) is 54.5 Å². The van der Waals surface area contributed by atoms with Crippen molar-refractivity contribution in [3.63, 3.8) is 0 Å². The number of hydrogen-bond acceptors (Lipinski definition) is 3. The summed E-state index contributed by atoms with van der Waals surface area (Å²) in [6.07, 6.45) is 1.00. The van der Waals surface area contributed by atoms with Crippen molar-refractivity contribution in [1.82, 2.24) is 0 Å². The first kappa shape index (κ1) is 11.8. The molecule has 0 saturated carbocycles. The lowest BCUT2D eigenvalue weighted by molar-refractivity contribution is 0.0647. The maximum Gasteiger partial charge on any atom is 0.406 e. The first-order valence-electron chi connectivity index (χ1n) is 4.68. The molecule has 1 aromatic carbocycles. The molecule has 0 spiro atoms. The Labute approximate surface area is 96.6 Å². The molecular weight excluding hydrogens is 250 g/mol. The van der Waals surface area contributed by atoms with Crippen LogP contribution in [0.25, 0.3) is 0 Å². The van der Waals surface area contributed by atoms with E-state index in [0.29, 0.717) is 0 Å². The molecule has 6 heteroatoms. The second kappa shape index (κ2) is 3.96. The van der Waals surface area contributed by atoms with E-state index in [1.807, 2.05) is 0 Å². The van der Waals surface area contributed by atoms with Crippen molar-refractivity contribution in [2.75, 3.05) is 0 Å². The third-order valence-electron chi connectivity index (χ3n) is 2.20. The third kappa shape index (κ3) is 1.84. The highest BCUT2D eigenvalue weighted by molar-refractivity contribution is 7.92. The summed E-state index contributed by atoms with van der Waals surface area (Å²) >= 11 is 0.